The maximum absolute atomic E-state index is 14.4. The second-order valence-electron chi connectivity index (χ2n) is 6.63. The summed E-state index contributed by atoms with van der Waals surface area (Å²) in [4.78, 5) is 0. The summed E-state index contributed by atoms with van der Waals surface area (Å²) in [5, 5.41) is 1.68. The fourth-order valence-electron chi connectivity index (χ4n) is 2.95. The molecule has 30 heavy (non-hydrogen) atoms. The Labute approximate surface area is 173 Å². The summed E-state index contributed by atoms with van der Waals surface area (Å²) < 4.78 is 32.8. The highest BCUT2D eigenvalue weighted by molar-refractivity contribution is 5.84. The fourth-order valence-corrected chi connectivity index (χ4v) is 2.95. The maximum atomic E-state index is 14.4. The van der Waals surface area contributed by atoms with E-state index >= 15 is 0 Å². The van der Waals surface area contributed by atoms with Crippen molar-refractivity contribution in [1.29, 1.82) is 0 Å². The highest BCUT2D eigenvalue weighted by Gasteiger charge is 2.01. The molecule has 0 amide bonds. The lowest BCUT2D eigenvalue weighted by Crippen LogP contribution is -1.86. The number of fused-ring (bicyclic) bond motifs is 1. The number of rotatable bonds is 1. The lowest BCUT2D eigenvalue weighted by atomic mass is 10.1. The van der Waals surface area contributed by atoms with E-state index in [4.69, 9.17) is 4.74 Å². The number of methoxy groups -OCH3 is 1. The Hall–Kier alpha value is -4.08. The molecule has 0 aromatic heterocycles. The van der Waals surface area contributed by atoms with Gasteiger partial charge in [-0.2, -0.15) is 0 Å². The molecule has 4 rings (SSSR count). The average molecular weight is 394 g/mol. The molecule has 1 nitrogen and oxygen atoms in total. The maximum Gasteiger partial charge on any atom is 0.140 e. The predicted molar refractivity (Wildman–Crippen MR) is 115 cm³/mol. The first kappa shape index (κ1) is 19.2. The molecule has 0 radical (unpaired) electrons. The smallest absolute Gasteiger partial charge is 0.140 e. The van der Waals surface area contributed by atoms with Crippen molar-refractivity contribution in [3.05, 3.63) is 113 Å². The van der Waals surface area contributed by atoms with Gasteiger partial charge in [0.15, 0.2) is 0 Å². The molecule has 0 bridgehead atoms. The average Bonchev–Trinajstić information content (AvgIpc) is 2.77. The number of ether oxygens (including phenoxy) is 1. The number of benzene rings is 4. The minimum Gasteiger partial charge on any atom is -0.497 e. The van der Waals surface area contributed by atoms with Crippen LogP contribution in [0.1, 0.15) is 22.3 Å². The van der Waals surface area contributed by atoms with Crippen molar-refractivity contribution in [2.75, 3.05) is 7.11 Å². The minimum atomic E-state index is -0.424. The molecule has 144 valence electrons. The van der Waals surface area contributed by atoms with Crippen LogP contribution >= 0.6 is 0 Å². The molecule has 0 fully saturated rings. The van der Waals surface area contributed by atoms with Crippen molar-refractivity contribution < 1.29 is 13.5 Å². The van der Waals surface area contributed by atoms with Crippen molar-refractivity contribution in [3.8, 4) is 29.4 Å². The van der Waals surface area contributed by atoms with Gasteiger partial charge in [-0.15, -0.1) is 0 Å². The van der Waals surface area contributed by atoms with Crippen LogP contribution in [0.4, 0.5) is 8.78 Å². The van der Waals surface area contributed by atoms with Crippen molar-refractivity contribution in [3.63, 3.8) is 0 Å². The van der Waals surface area contributed by atoms with Gasteiger partial charge in [0, 0.05) is 16.7 Å². The normalized spacial score (nSPS) is 9.97. The van der Waals surface area contributed by atoms with Crippen LogP contribution in [0, 0.1) is 35.3 Å². The Balaban J connectivity index is 1.54. The van der Waals surface area contributed by atoms with Crippen LogP contribution in [-0.4, -0.2) is 7.11 Å². The second kappa shape index (κ2) is 8.52. The third kappa shape index (κ3) is 4.49. The fraction of sp³-hybridized carbons (Fsp3) is 0.0370. The highest BCUT2D eigenvalue weighted by atomic mass is 19.1. The first-order chi connectivity index (χ1) is 14.6. The lowest BCUT2D eigenvalue weighted by Gasteiger charge is -1.99. The van der Waals surface area contributed by atoms with Crippen LogP contribution in [0.3, 0.4) is 0 Å². The number of hydrogen-bond donors (Lipinski definition) is 0. The molecule has 0 spiro atoms. The Kier molecular flexibility index (Phi) is 5.46. The monoisotopic (exact) mass is 394 g/mol. The molecule has 3 heteroatoms. The Bertz CT molecular complexity index is 1350. The van der Waals surface area contributed by atoms with Gasteiger partial charge in [-0.1, -0.05) is 35.8 Å². The van der Waals surface area contributed by atoms with Crippen molar-refractivity contribution >= 4 is 10.8 Å². The molecule has 0 aliphatic rings. The summed E-state index contributed by atoms with van der Waals surface area (Å²) in [7, 11) is 1.61. The van der Waals surface area contributed by atoms with Crippen molar-refractivity contribution in [1.82, 2.24) is 0 Å². The van der Waals surface area contributed by atoms with Gasteiger partial charge in [-0.3, -0.25) is 0 Å². The summed E-state index contributed by atoms with van der Waals surface area (Å²) in [6, 6.07) is 22.1. The van der Waals surface area contributed by atoms with E-state index in [1.54, 1.807) is 37.4 Å². The quantitative estimate of drug-likeness (QED) is 0.364. The summed E-state index contributed by atoms with van der Waals surface area (Å²) >= 11 is 0. The van der Waals surface area contributed by atoms with Gasteiger partial charge in [0.05, 0.1) is 12.7 Å². The third-order valence-corrected chi connectivity index (χ3v) is 4.55. The molecule has 0 saturated heterocycles. The summed E-state index contributed by atoms with van der Waals surface area (Å²) in [6.07, 6.45) is 0. The van der Waals surface area contributed by atoms with Crippen molar-refractivity contribution in [2.45, 2.75) is 0 Å². The van der Waals surface area contributed by atoms with E-state index in [1.165, 1.54) is 18.2 Å². The van der Waals surface area contributed by atoms with E-state index in [0.717, 1.165) is 27.6 Å². The van der Waals surface area contributed by atoms with Crippen molar-refractivity contribution in [2.24, 2.45) is 0 Å². The van der Waals surface area contributed by atoms with E-state index in [0.29, 0.717) is 11.1 Å². The first-order valence-corrected chi connectivity index (χ1v) is 9.28. The molecule has 4 aromatic rings. The predicted octanol–water partition coefficient (Wildman–Crippen LogP) is 5.93. The van der Waals surface area contributed by atoms with Gasteiger partial charge in [0.2, 0.25) is 0 Å². The van der Waals surface area contributed by atoms with E-state index in [2.05, 4.69) is 23.7 Å². The van der Waals surface area contributed by atoms with E-state index in [-0.39, 0.29) is 5.82 Å². The molecule has 0 unspecified atom stereocenters. The zero-order chi connectivity index (χ0) is 20.9. The van der Waals surface area contributed by atoms with E-state index in [1.807, 2.05) is 30.3 Å². The molecule has 0 aliphatic carbocycles. The zero-order valence-corrected chi connectivity index (χ0v) is 16.2. The van der Waals surface area contributed by atoms with Gasteiger partial charge < -0.3 is 4.74 Å². The summed E-state index contributed by atoms with van der Waals surface area (Å²) in [5.74, 6) is 11.8. The van der Waals surface area contributed by atoms with Crippen LogP contribution in [0.25, 0.3) is 10.8 Å². The number of halogens is 2. The van der Waals surface area contributed by atoms with Gasteiger partial charge in [-0.05, 0) is 77.5 Å². The van der Waals surface area contributed by atoms with Gasteiger partial charge in [0.25, 0.3) is 0 Å². The van der Waals surface area contributed by atoms with Crippen LogP contribution < -0.4 is 4.74 Å². The standard InChI is InChI=1S/C27H16F2O/c1-30-26-14-7-19(8-15-26)2-3-21-5-10-22(27(29)17-21)9-4-20-6-11-24-18-25(28)13-12-23(24)16-20/h5-8,10-18H,1H3. The Morgan fingerprint density at radius 2 is 1.20 bits per heavy atom. The van der Waals surface area contributed by atoms with Crippen LogP contribution in [0.2, 0.25) is 0 Å². The first-order valence-electron chi connectivity index (χ1n) is 9.28. The molecule has 0 saturated carbocycles. The molecule has 4 aromatic carbocycles. The van der Waals surface area contributed by atoms with E-state index < -0.39 is 5.82 Å². The molecule has 0 heterocycles. The van der Waals surface area contributed by atoms with Gasteiger partial charge >= 0.3 is 0 Å². The summed E-state index contributed by atoms with van der Waals surface area (Å²) in [6.45, 7) is 0. The Morgan fingerprint density at radius 3 is 1.97 bits per heavy atom. The van der Waals surface area contributed by atoms with E-state index in [9.17, 15) is 8.78 Å². The van der Waals surface area contributed by atoms with Gasteiger partial charge in [-0.25, -0.2) is 8.78 Å². The van der Waals surface area contributed by atoms with Crippen LogP contribution in [-0.2, 0) is 0 Å². The number of hydrogen-bond acceptors (Lipinski definition) is 1. The molecular formula is C27H16F2O. The topological polar surface area (TPSA) is 9.23 Å². The largest absolute Gasteiger partial charge is 0.497 e. The lowest BCUT2D eigenvalue weighted by molar-refractivity contribution is 0.415. The molecule has 0 atom stereocenters. The SMILES string of the molecule is COc1ccc(C#Cc2ccc(C#Cc3ccc4cc(F)ccc4c3)c(F)c2)cc1. The Morgan fingerprint density at radius 1 is 0.600 bits per heavy atom. The molecule has 0 N–H and O–H groups in total. The molecular weight excluding hydrogens is 378 g/mol. The highest BCUT2D eigenvalue weighted by Crippen LogP contribution is 2.17. The molecule has 0 aliphatic heterocycles. The third-order valence-electron chi connectivity index (χ3n) is 4.55. The summed E-state index contributed by atoms with van der Waals surface area (Å²) in [5.41, 5.74) is 2.42. The van der Waals surface area contributed by atoms with Gasteiger partial charge in [0.1, 0.15) is 17.4 Å². The zero-order valence-electron chi connectivity index (χ0n) is 16.2. The minimum absolute atomic E-state index is 0.279. The van der Waals surface area contributed by atoms with Crippen LogP contribution in [0.15, 0.2) is 78.9 Å². The second-order valence-corrected chi connectivity index (χ2v) is 6.63. The van der Waals surface area contributed by atoms with Crippen LogP contribution in [0.5, 0.6) is 5.75 Å².